The van der Waals surface area contributed by atoms with E-state index in [0.29, 0.717) is 48.7 Å². The molecule has 1 aromatic carbocycles. The third-order valence-electron chi connectivity index (χ3n) is 6.29. The summed E-state index contributed by atoms with van der Waals surface area (Å²) in [4.78, 5) is 32.3. The SMILES string of the molecule is CCn1ncc(NC(=O)c2nn3c(C(F)(F)F)cc(-c4cccc(OC)c4)nc3c2Cl)c1C(=O)N1CCOCC1. The highest BCUT2D eigenvalue weighted by Crippen LogP contribution is 2.35. The van der Waals surface area contributed by atoms with E-state index in [-0.39, 0.29) is 28.6 Å². The quantitative estimate of drug-likeness (QED) is 0.368. The lowest BCUT2D eigenvalue weighted by atomic mass is 10.1. The molecule has 15 heteroatoms. The molecule has 1 fully saturated rings. The summed E-state index contributed by atoms with van der Waals surface area (Å²) in [5, 5.41) is 10.2. The number of aryl methyl sites for hydroxylation is 1. The number of carbonyl (C=O) groups is 2. The van der Waals surface area contributed by atoms with Gasteiger partial charge in [0, 0.05) is 25.2 Å². The lowest BCUT2D eigenvalue weighted by molar-refractivity contribution is -0.142. The van der Waals surface area contributed by atoms with Crippen LogP contribution >= 0.6 is 11.6 Å². The zero-order valence-electron chi connectivity index (χ0n) is 21.3. The maximum atomic E-state index is 14.1. The van der Waals surface area contributed by atoms with Crippen LogP contribution in [0.5, 0.6) is 5.75 Å². The minimum Gasteiger partial charge on any atom is -0.497 e. The molecule has 0 atom stereocenters. The predicted molar refractivity (Wildman–Crippen MR) is 138 cm³/mol. The van der Waals surface area contributed by atoms with Crippen LogP contribution in [0.25, 0.3) is 16.9 Å². The Morgan fingerprint density at radius 3 is 2.62 bits per heavy atom. The number of aromatic nitrogens is 5. The third-order valence-corrected chi connectivity index (χ3v) is 6.64. The second kappa shape index (κ2) is 10.8. The summed E-state index contributed by atoms with van der Waals surface area (Å²) in [6, 6.07) is 7.15. The minimum atomic E-state index is -4.85. The topological polar surface area (TPSA) is 116 Å². The minimum absolute atomic E-state index is 0.0462. The number of fused-ring (bicyclic) bond motifs is 1. The van der Waals surface area contributed by atoms with E-state index >= 15 is 0 Å². The van der Waals surface area contributed by atoms with Gasteiger partial charge in [-0.2, -0.15) is 23.4 Å². The summed E-state index contributed by atoms with van der Waals surface area (Å²) in [5.41, 5.74) is -1.57. The number of ether oxygens (including phenoxy) is 2. The van der Waals surface area contributed by atoms with Crippen molar-refractivity contribution < 1.29 is 32.2 Å². The van der Waals surface area contributed by atoms with Gasteiger partial charge in [-0.05, 0) is 25.1 Å². The average molecular weight is 578 g/mol. The molecule has 210 valence electrons. The number of anilines is 1. The van der Waals surface area contributed by atoms with Crippen molar-refractivity contribution in [2.45, 2.75) is 19.6 Å². The summed E-state index contributed by atoms with van der Waals surface area (Å²) >= 11 is 6.41. The number of halogens is 4. The van der Waals surface area contributed by atoms with Gasteiger partial charge in [-0.25, -0.2) is 9.50 Å². The van der Waals surface area contributed by atoms with Gasteiger partial charge < -0.3 is 19.7 Å². The first-order chi connectivity index (χ1) is 19.1. The number of morpholine rings is 1. The molecule has 4 aromatic rings. The van der Waals surface area contributed by atoms with Crippen LogP contribution in [0.15, 0.2) is 36.5 Å². The molecule has 1 aliphatic rings. The molecule has 11 nitrogen and oxygen atoms in total. The summed E-state index contributed by atoms with van der Waals surface area (Å²) in [6.07, 6.45) is -3.56. The van der Waals surface area contributed by atoms with E-state index in [0.717, 1.165) is 6.07 Å². The number of nitrogens with zero attached hydrogens (tertiary/aromatic N) is 6. The second-order valence-corrected chi connectivity index (χ2v) is 9.11. The summed E-state index contributed by atoms with van der Waals surface area (Å²) < 4.78 is 54.6. The Hall–Kier alpha value is -4.17. The normalized spacial score (nSPS) is 14.0. The first-order valence-corrected chi connectivity index (χ1v) is 12.5. The first-order valence-electron chi connectivity index (χ1n) is 12.2. The molecule has 0 saturated carbocycles. The molecule has 1 aliphatic heterocycles. The molecular weight excluding hydrogens is 555 g/mol. The standard InChI is InChI=1S/C25H23ClF3N7O4/c1-3-35-21(24(38)34-7-9-40-10-8-34)17(13-30-35)32-23(37)20-19(26)22-31-16(14-5-4-6-15(11-14)39-2)12-18(25(27,28)29)36(22)33-20/h4-6,11-13H,3,7-10H2,1-2H3,(H,32,37). The number of amides is 2. The highest BCUT2D eigenvalue weighted by atomic mass is 35.5. The fourth-order valence-corrected chi connectivity index (χ4v) is 4.55. The zero-order chi connectivity index (χ0) is 28.6. The molecule has 3 aromatic heterocycles. The highest BCUT2D eigenvalue weighted by Gasteiger charge is 2.37. The maximum absolute atomic E-state index is 14.1. The van der Waals surface area contributed by atoms with Crippen LogP contribution in [-0.4, -0.2) is 74.5 Å². The number of hydrogen-bond acceptors (Lipinski definition) is 7. The van der Waals surface area contributed by atoms with Crippen molar-refractivity contribution >= 4 is 34.7 Å². The van der Waals surface area contributed by atoms with Gasteiger partial charge in [0.15, 0.2) is 17.0 Å². The second-order valence-electron chi connectivity index (χ2n) is 8.74. The van der Waals surface area contributed by atoms with E-state index in [1.165, 1.54) is 24.1 Å². The Morgan fingerprint density at radius 1 is 1.20 bits per heavy atom. The van der Waals surface area contributed by atoms with Crippen molar-refractivity contribution in [3.05, 3.63) is 58.6 Å². The van der Waals surface area contributed by atoms with Gasteiger partial charge in [0.05, 0.1) is 37.9 Å². The Kier molecular flexibility index (Phi) is 7.38. The van der Waals surface area contributed by atoms with E-state index in [9.17, 15) is 22.8 Å². The number of methoxy groups -OCH3 is 1. The number of alkyl halides is 3. The van der Waals surface area contributed by atoms with E-state index in [1.807, 2.05) is 0 Å². The Bertz CT molecular complexity index is 1600. The Balaban J connectivity index is 1.55. The van der Waals surface area contributed by atoms with Gasteiger partial charge in [-0.3, -0.25) is 14.3 Å². The molecule has 0 spiro atoms. The van der Waals surface area contributed by atoms with Crippen LogP contribution in [-0.2, 0) is 17.5 Å². The largest absolute Gasteiger partial charge is 0.497 e. The molecule has 40 heavy (non-hydrogen) atoms. The van der Waals surface area contributed by atoms with Crippen LogP contribution < -0.4 is 10.1 Å². The number of rotatable bonds is 6. The summed E-state index contributed by atoms with van der Waals surface area (Å²) in [6.45, 7) is 3.58. The first kappa shape index (κ1) is 27.4. The molecule has 1 N–H and O–H groups in total. The molecule has 2 amide bonds. The van der Waals surface area contributed by atoms with Gasteiger partial charge in [0.2, 0.25) is 0 Å². The predicted octanol–water partition coefficient (Wildman–Crippen LogP) is 4.02. The van der Waals surface area contributed by atoms with Gasteiger partial charge in [-0.1, -0.05) is 23.7 Å². The monoisotopic (exact) mass is 577 g/mol. The fourth-order valence-electron chi connectivity index (χ4n) is 4.31. The third kappa shape index (κ3) is 5.07. The molecule has 0 bridgehead atoms. The maximum Gasteiger partial charge on any atom is 0.433 e. The smallest absolute Gasteiger partial charge is 0.433 e. The number of carbonyl (C=O) groups excluding carboxylic acids is 2. The van der Waals surface area contributed by atoms with Crippen LogP contribution in [0.1, 0.15) is 33.6 Å². The van der Waals surface area contributed by atoms with Gasteiger partial charge in [-0.15, -0.1) is 0 Å². The Labute approximate surface area is 230 Å². The van der Waals surface area contributed by atoms with E-state index < -0.39 is 28.5 Å². The van der Waals surface area contributed by atoms with Crippen molar-refractivity contribution in [1.82, 2.24) is 29.3 Å². The van der Waals surface area contributed by atoms with Crippen molar-refractivity contribution in [2.75, 3.05) is 38.7 Å². The fraction of sp³-hybridized carbons (Fsp3) is 0.320. The van der Waals surface area contributed by atoms with Crippen molar-refractivity contribution in [1.29, 1.82) is 0 Å². The average Bonchev–Trinajstić information content (AvgIpc) is 3.52. The van der Waals surface area contributed by atoms with Gasteiger partial charge in [0.25, 0.3) is 11.8 Å². The van der Waals surface area contributed by atoms with Crippen molar-refractivity contribution in [3.8, 4) is 17.0 Å². The van der Waals surface area contributed by atoms with Gasteiger partial charge in [0.1, 0.15) is 16.5 Å². The van der Waals surface area contributed by atoms with Crippen LogP contribution in [0, 0.1) is 0 Å². The molecule has 0 radical (unpaired) electrons. The van der Waals surface area contributed by atoms with E-state index in [2.05, 4.69) is 20.5 Å². The van der Waals surface area contributed by atoms with Crippen molar-refractivity contribution in [2.24, 2.45) is 0 Å². The van der Waals surface area contributed by atoms with Gasteiger partial charge >= 0.3 is 6.18 Å². The zero-order valence-corrected chi connectivity index (χ0v) is 22.1. The molecule has 4 heterocycles. The Morgan fingerprint density at radius 2 is 1.95 bits per heavy atom. The summed E-state index contributed by atoms with van der Waals surface area (Å²) in [5.74, 6) is -0.885. The highest BCUT2D eigenvalue weighted by molar-refractivity contribution is 6.37. The lowest BCUT2D eigenvalue weighted by Crippen LogP contribution is -2.41. The molecule has 5 rings (SSSR count). The molecule has 0 aliphatic carbocycles. The van der Waals surface area contributed by atoms with Crippen LogP contribution in [0.3, 0.4) is 0 Å². The number of nitrogens with one attached hydrogen (secondary N) is 1. The van der Waals surface area contributed by atoms with E-state index in [1.54, 1.807) is 30.0 Å². The van der Waals surface area contributed by atoms with Crippen LogP contribution in [0.4, 0.5) is 18.9 Å². The number of hydrogen-bond donors (Lipinski definition) is 1. The molecular formula is C25H23ClF3N7O4. The summed E-state index contributed by atoms with van der Waals surface area (Å²) in [7, 11) is 1.43. The van der Waals surface area contributed by atoms with Crippen molar-refractivity contribution in [3.63, 3.8) is 0 Å². The lowest BCUT2D eigenvalue weighted by Gasteiger charge is -2.27. The van der Waals surface area contributed by atoms with E-state index in [4.69, 9.17) is 21.1 Å². The molecule has 1 saturated heterocycles. The van der Waals surface area contributed by atoms with Crippen LogP contribution in [0.2, 0.25) is 5.02 Å². The number of benzene rings is 1. The molecule has 0 unspecified atom stereocenters.